The van der Waals surface area contributed by atoms with Crippen molar-refractivity contribution < 1.29 is 9.53 Å². The third-order valence-corrected chi connectivity index (χ3v) is 4.49. The number of hydrogen-bond donors (Lipinski definition) is 1. The molecule has 0 saturated heterocycles. The van der Waals surface area contributed by atoms with E-state index in [0.29, 0.717) is 0 Å². The van der Waals surface area contributed by atoms with E-state index < -0.39 is 0 Å². The molecule has 0 radical (unpaired) electrons. The lowest BCUT2D eigenvalue weighted by atomic mass is 10.1. The Hall–Kier alpha value is -1.94. The second-order valence-corrected chi connectivity index (χ2v) is 6.45. The van der Waals surface area contributed by atoms with E-state index in [1.165, 1.54) is 4.90 Å². The van der Waals surface area contributed by atoms with Gasteiger partial charge in [-0.25, -0.2) is 0 Å². The molecule has 122 valence electrons. The summed E-state index contributed by atoms with van der Waals surface area (Å²) < 4.78 is 5.69. The zero-order valence-corrected chi connectivity index (χ0v) is 14.9. The Labute approximate surface area is 142 Å². The van der Waals surface area contributed by atoms with E-state index >= 15 is 0 Å². The highest BCUT2D eigenvalue weighted by atomic mass is 32.2. The average Bonchev–Trinajstić information content (AvgIpc) is 2.54. The first kappa shape index (κ1) is 17.4. The summed E-state index contributed by atoms with van der Waals surface area (Å²) in [4.78, 5) is 13.3. The Morgan fingerprint density at radius 3 is 2.30 bits per heavy atom. The average molecular weight is 329 g/mol. The number of nitrogens with one attached hydrogen (secondary N) is 1. The van der Waals surface area contributed by atoms with Crippen LogP contribution in [0.15, 0.2) is 47.4 Å². The number of thioether (sulfide) groups is 1. The van der Waals surface area contributed by atoms with Crippen molar-refractivity contribution in [2.45, 2.75) is 31.7 Å². The molecule has 0 fully saturated rings. The van der Waals surface area contributed by atoms with Crippen LogP contribution in [0.5, 0.6) is 5.75 Å². The van der Waals surface area contributed by atoms with Gasteiger partial charge < -0.3 is 10.1 Å². The fourth-order valence-electron chi connectivity index (χ4n) is 2.42. The van der Waals surface area contributed by atoms with Crippen LogP contribution in [0.25, 0.3) is 0 Å². The fourth-order valence-corrected chi connectivity index (χ4v) is 2.83. The zero-order valence-electron chi connectivity index (χ0n) is 14.1. The first-order valence-electron chi connectivity index (χ1n) is 7.63. The van der Waals surface area contributed by atoms with Crippen molar-refractivity contribution in [3.8, 4) is 5.75 Å². The lowest BCUT2D eigenvalue weighted by Gasteiger charge is -2.16. The van der Waals surface area contributed by atoms with Gasteiger partial charge in [0.15, 0.2) is 6.61 Å². The van der Waals surface area contributed by atoms with E-state index in [4.69, 9.17) is 4.74 Å². The van der Waals surface area contributed by atoms with Crippen molar-refractivity contribution in [2.24, 2.45) is 0 Å². The van der Waals surface area contributed by atoms with Crippen molar-refractivity contribution in [2.75, 3.05) is 12.9 Å². The number of hydrogen-bond acceptors (Lipinski definition) is 3. The van der Waals surface area contributed by atoms with Gasteiger partial charge in [0.1, 0.15) is 5.75 Å². The molecule has 1 amide bonds. The summed E-state index contributed by atoms with van der Waals surface area (Å²) in [6.07, 6.45) is 2.05. The molecule has 0 aliphatic rings. The summed E-state index contributed by atoms with van der Waals surface area (Å²) in [6.45, 7) is 5.97. The van der Waals surface area contributed by atoms with Crippen molar-refractivity contribution in [3.63, 3.8) is 0 Å². The van der Waals surface area contributed by atoms with Crippen LogP contribution in [-0.4, -0.2) is 18.8 Å². The molecule has 1 atom stereocenters. The van der Waals surface area contributed by atoms with Gasteiger partial charge in [-0.15, -0.1) is 11.8 Å². The molecule has 0 aliphatic carbocycles. The Morgan fingerprint density at radius 2 is 1.74 bits per heavy atom. The number of aryl methyl sites for hydroxylation is 2. The molecule has 2 rings (SSSR count). The number of amides is 1. The Kier molecular flexibility index (Phi) is 6.11. The van der Waals surface area contributed by atoms with Crippen LogP contribution in [0.2, 0.25) is 0 Å². The molecular formula is C19H23NO2S. The van der Waals surface area contributed by atoms with E-state index in [9.17, 15) is 4.79 Å². The Bertz CT molecular complexity index is 647. The molecule has 4 heteroatoms. The molecule has 1 N–H and O–H groups in total. The summed E-state index contributed by atoms with van der Waals surface area (Å²) in [5.74, 6) is 0.675. The minimum atomic E-state index is -0.117. The number of ether oxygens (including phenoxy) is 1. The molecular weight excluding hydrogens is 306 g/mol. The van der Waals surface area contributed by atoms with E-state index in [2.05, 4.69) is 17.4 Å². The molecule has 3 nitrogen and oxygen atoms in total. The monoisotopic (exact) mass is 329 g/mol. The third-order valence-electron chi connectivity index (χ3n) is 3.75. The Morgan fingerprint density at radius 1 is 1.13 bits per heavy atom. The smallest absolute Gasteiger partial charge is 0.258 e. The van der Waals surface area contributed by atoms with E-state index in [0.717, 1.165) is 22.4 Å². The highest BCUT2D eigenvalue weighted by molar-refractivity contribution is 7.98. The summed E-state index contributed by atoms with van der Waals surface area (Å²) in [7, 11) is 0. The van der Waals surface area contributed by atoms with Crippen LogP contribution >= 0.6 is 11.8 Å². The van der Waals surface area contributed by atoms with Crippen molar-refractivity contribution in [1.82, 2.24) is 5.32 Å². The number of rotatable bonds is 6. The van der Waals surface area contributed by atoms with Crippen LogP contribution in [0.1, 0.15) is 29.7 Å². The lowest BCUT2D eigenvalue weighted by molar-refractivity contribution is -0.123. The summed E-state index contributed by atoms with van der Waals surface area (Å²) in [5, 5.41) is 2.97. The summed E-state index contributed by atoms with van der Waals surface area (Å²) in [5.41, 5.74) is 3.17. The quantitative estimate of drug-likeness (QED) is 0.804. The molecule has 0 aromatic heterocycles. The van der Waals surface area contributed by atoms with Gasteiger partial charge in [-0.2, -0.15) is 0 Å². The maximum atomic E-state index is 12.1. The normalized spacial score (nSPS) is 11.8. The van der Waals surface area contributed by atoms with Crippen molar-refractivity contribution >= 4 is 17.7 Å². The van der Waals surface area contributed by atoms with Gasteiger partial charge in [-0.3, -0.25) is 4.79 Å². The third kappa shape index (κ3) is 4.76. The van der Waals surface area contributed by atoms with E-state index in [-0.39, 0.29) is 18.6 Å². The maximum Gasteiger partial charge on any atom is 0.258 e. The van der Waals surface area contributed by atoms with Gasteiger partial charge in [-0.1, -0.05) is 30.3 Å². The summed E-state index contributed by atoms with van der Waals surface area (Å²) >= 11 is 1.70. The lowest BCUT2D eigenvalue weighted by Crippen LogP contribution is -2.31. The predicted molar refractivity (Wildman–Crippen MR) is 96.2 cm³/mol. The van der Waals surface area contributed by atoms with Crippen LogP contribution in [0, 0.1) is 13.8 Å². The molecule has 0 spiro atoms. The first-order chi connectivity index (χ1) is 11.0. The van der Waals surface area contributed by atoms with E-state index in [1.54, 1.807) is 11.8 Å². The van der Waals surface area contributed by atoms with Gasteiger partial charge in [0, 0.05) is 4.90 Å². The second-order valence-electron chi connectivity index (χ2n) is 5.57. The number of benzene rings is 2. The van der Waals surface area contributed by atoms with Gasteiger partial charge in [0.25, 0.3) is 5.91 Å². The molecule has 0 bridgehead atoms. The predicted octanol–water partition coefficient (Wildman–Crippen LogP) is 4.28. The van der Waals surface area contributed by atoms with Crippen LogP contribution in [-0.2, 0) is 4.79 Å². The molecule has 0 aliphatic heterocycles. The van der Waals surface area contributed by atoms with Crippen LogP contribution in [0.4, 0.5) is 0 Å². The fraction of sp³-hybridized carbons (Fsp3) is 0.316. The maximum absolute atomic E-state index is 12.1. The Balaban J connectivity index is 1.91. The highest BCUT2D eigenvalue weighted by Crippen LogP contribution is 2.22. The van der Waals surface area contributed by atoms with Gasteiger partial charge in [0.05, 0.1) is 6.04 Å². The minimum absolute atomic E-state index is 0.0267. The molecule has 2 aromatic rings. The summed E-state index contributed by atoms with van der Waals surface area (Å²) in [6, 6.07) is 14.1. The van der Waals surface area contributed by atoms with Crippen molar-refractivity contribution in [3.05, 3.63) is 59.2 Å². The zero-order chi connectivity index (χ0) is 16.8. The number of para-hydroxylation sites is 1. The second kappa shape index (κ2) is 8.06. The number of carbonyl (C=O) groups is 1. The highest BCUT2D eigenvalue weighted by Gasteiger charge is 2.11. The molecule has 0 heterocycles. The van der Waals surface area contributed by atoms with Gasteiger partial charge in [-0.05, 0) is 55.9 Å². The molecule has 0 saturated carbocycles. The standard InChI is InChI=1S/C19H23NO2S/c1-13-6-5-7-14(2)19(13)22-12-18(21)20-15(3)16-8-10-17(23-4)11-9-16/h5-11,15H,12H2,1-4H3,(H,20,21). The molecule has 1 unspecified atom stereocenters. The molecule has 23 heavy (non-hydrogen) atoms. The van der Waals surface area contributed by atoms with Crippen molar-refractivity contribution in [1.29, 1.82) is 0 Å². The SMILES string of the molecule is CSc1ccc(C(C)NC(=O)COc2c(C)cccc2C)cc1. The number of carbonyl (C=O) groups excluding carboxylic acids is 1. The molecule has 2 aromatic carbocycles. The van der Waals surface area contributed by atoms with Gasteiger partial charge >= 0.3 is 0 Å². The van der Waals surface area contributed by atoms with Crippen LogP contribution < -0.4 is 10.1 Å². The topological polar surface area (TPSA) is 38.3 Å². The largest absolute Gasteiger partial charge is 0.483 e. The minimum Gasteiger partial charge on any atom is -0.483 e. The van der Waals surface area contributed by atoms with E-state index in [1.807, 2.05) is 57.4 Å². The first-order valence-corrected chi connectivity index (χ1v) is 8.86. The van der Waals surface area contributed by atoms with Gasteiger partial charge in [0.2, 0.25) is 0 Å². The van der Waals surface area contributed by atoms with Crippen LogP contribution in [0.3, 0.4) is 0 Å².